The average Bonchev–Trinajstić information content (AvgIpc) is 2.76. The molecule has 3 heteroatoms. The quantitative estimate of drug-likeness (QED) is 0.725. The summed E-state index contributed by atoms with van der Waals surface area (Å²) in [5.41, 5.74) is 0. The van der Waals surface area contributed by atoms with Crippen molar-refractivity contribution < 1.29 is 0 Å². The number of nitrogens with zero attached hydrogens (tertiary/aromatic N) is 1. The van der Waals surface area contributed by atoms with Crippen molar-refractivity contribution in [2.45, 2.75) is 39.8 Å². The highest BCUT2D eigenvalue weighted by atomic mass is 32.1. The van der Waals surface area contributed by atoms with Crippen LogP contribution in [-0.2, 0) is 6.54 Å². The van der Waals surface area contributed by atoms with Gasteiger partial charge in [-0.05, 0) is 37.0 Å². The molecule has 0 aliphatic heterocycles. The summed E-state index contributed by atoms with van der Waals surface area (Å²) in [6.07, 6.45) is 1.22. The van der Waals surface area contributed by atoms with Gasteiger partial charge >= 0.3 is 0 Å². The summed E-state index contributed by atoms with van der Waals surface area (Å²) in [5, 5.41) is 2.16. The maximum absolute atomic E-state index is 4.43. The van der Waals surface area contributed by atoms with Crippen molar-refractivity contribution in [3.05, 3.63) is 22.4 Å². The highest BCUT2D eigenvalue weighted by Crippen LogP contribution is 2.17. The van der Waals surface area contributed by atoms with Crippen LogP contribution >= 0.6 is 24.0 Å². The fourth-order valence-corrected chi connectivity index (χ4v) is 2.81. The van der Waals surface area contributed by atoms with Gasteiger partial charge in [0.2, 0.25) is 0 Å². The van der Waals surface area contributed by atoms with Crippen LogP contribution in [0.3, 0.4) is 0 Å². The summed E-state index contributed by atoms with van der Waals surface area (Å²) < 4.78 is 0. The fraction of sp³-hybridized carbons (Fsp3) is 0.692. The van der Waals surface area contributed by atoms with E-state index in [2.05, 4.69) is 55.8 Å². The Morgan fingerprint density at radius 1 is 1.44 bits per heavy atom. The Hall–Kier alpha value is 0.01000. The highest BCUT2D eigenvalue weighted by molar-refractivity contribution is 7.80. The van der Waals surface area contributed by atoms with E-state index in [1.165, 1.54) is 11.3 Å². The van der Waals surface area contributed by atoms with Crippen LogP contribution in [0.15, 0.2) is 17.5 Å². The minimum absolute atomic E-state index is 0.607. The van der Waals surface area contributed by atoms with Crippen molar-refractivity contribution >= 4 is 24.0 Å². The molecule has 0 bridgehead atoms. The fourth-order valence-electron chi connectivity index (χ4n) is 1.71. The predicted molar refractivity (Wildman–Crippen MR) is 77.5 cm³/mol. The van der Waals surface area contributed by atoms with Gasteiger partial charge in [-0.25, -0.2) is 0 Å². The zero-order valence-corrected chi connectivity index (χ0v) is 12.2. The smallest absolute Gasteiger partial charge is 0.0330 e. The van der Waals surface area contributed by atoms with E-state index in [-0.39, 0.29) is 0 Å². The Labute approximate surface area is 109 Å². The van der Waals surface area contributed by atoms with E-state index in [0.29, 0.717) is 12.0 Å². The normalized spacial score (nSPS) is 13.6. The van der Waals surface area contributed by atoms with Crippen LogP contribution in [0.25, 0.3) is 0 Å². The lowest BCUT2D eigenvalue weighted by molar-refractivity contribution is 0.185. The second kappa shape index (κ2) is 7.36. The van der Waals surface area contributed by atoms with Gasteiger partial charge in [-0.1, -0.05) is 19.4 Å². The predicted octanol–water partition coefficient (Wildman–Crippen LogP) is 3.91. The topological polar surface area (TPSA) is 3.24 Å². The molecule has 0 spiro atoms. The van der Waals surface area contributed by atoms with Gasteiger partial charge in [-0.15, -0.1) is 11.3 Å². The lowest BCUT2D eigenvalue weighted by Crippen LogP contribution is -2.35. The first kappa shape index (κ1) is 14.1. The van der Waals surface area contributed by atoms with Crippen LogP contribution in [0.1, 0.15) is 32.1 Å². The molecule has 0 aliphatic rings. The van der Waals surface area contributed by atoms with Crippen molar-refractivity contribution in [3.8, 4) is 0 Å². The Morgan fingerprint density at radius 2 is 2.19 bits per heavy atom. The maximum atomic E-state index is 4.43. The van der Waals surface area contributed by atoms with E-state index in [0.717, 1.165) is 18.8 Å². The molecule has 16 heavy (non-hydrogen) atoms. The maximum Gasteiger partial charge on any atom is 0.0330 e. The zero-order chi connectivity index (χ0) is 12.0. The van der Waals surface area contributed by atoms with Gasteiger partial charge in [0, 0.05) is 24.0 Å². The van der Waals surface area contributed by atoms with E-state index < -0.39 is 0 Å². The second-order valence-electron chi connectivity index (χ2n) is 4.56. The van der Waals surface area contributed by atoms with Crippen LogP contribution in [-0.4, -0.2) is 23.2 Å². The molecule has 0 aliphatic carbocycles. The number of hydrogen-bond acceptors (Lipinski definition) is 3. The lowest BCUT2D eigenvalue weighted by atomic mass is 10.1. The molecular weight excluding hydrogens is 234 g/mol. The highest BCUT2D eigenvalue weighted by Gasteiger charge is 2.15. The molecule has 0 radical (unpaired) electrons. The molecule has 1 heterocycles. The van der Waals surface area contributed by atoms with Crippen molar-refractivity contribution in [1.29, 1.82) is 0 Å². The number of thiophene rings is 1. The molecule has 0 saturated carbocycles. The molecule has 1 rings (SSSR count). The first-order chi connectivity index (χ1) is 7.67. The zero-order valence-electron chi connectivity index (χ0n) is 10.5. The Morgan fingerprint density at radius 3 is 2.62 bits per heavy atom. The summed E-state index contributed by atoms with van der Waals surface area (Å²) >= 11 is 6.28. The standard InChI is InChI=1S/C13H23NS2/c1-4-12(10-15)8-14(11(2)3)9-13-6-5-7-16-13/h5-7,11-12,15H,4,8-10H2,1-3H3. The molecular formula is C13H23NS2. The molecule has 1 nitrogen and oxygen atoms in total. The molecule has 0 saturated heterocycles. The molecule has 1 atom stereocenters. The van der Waals surface area contributed by atoms with Crippen LogP contribution in [0.5, 0.6) is 0 Å². The van der Waals surface area contributed by atoms with Crippen molar-refractivity contribution in [3.63, 3.8) is 0 Å². The molecule has 0 N–H and O–H groups in total. The lowest BCUT2D eigenvalue weighted by Gasteiger charge is -2.29. The van der Waals surface area contributed by atoms with E-state index in [1.54, 1.807) is 0 Å². The third-order valence-electron chi connectivity index (χ3n) is 3.00. The van der Waals surface area contributed by atoms with Gasteiger partial charge in [-0.3, -0.25) is 4.90 Å². The average molecular weight is 257 g/mol. The minimum atomic E-state index is 0.607. The van der Waals surface area contributed by atoms with E-state index in [1.807, 2.05) is 11.3 Å². The molecule has 0 amide bonds. The van der Waals surface area contributed by atoms with Gasteiger partial charge in [0.25, 0.3) is 0 Å². The minimum Gasteiger partial charge on any atom is -0.296 e. The Balaban J connectivity index is 2.54. The molecule has 0 aromatic carbocycles. The summed E-state index contributed by atoms with van der Waals surface area (Å²) in [6, 6.07) is 4.96. The molecule has 1 unspecified atom stereocenters. The number of rotatable bonds is 7. The summed E-state index contributed by atoms with van der Waals surface area (Å²) in [7, 11) is 0. The first-order valence-corrected chi connectivity index (χ1v) is 7.55. The summed E-state index contributed by atoms with van der Waals surface area (Å²) in [4.78, 5) is 4.01. The SMILES string of the molecule is CCC(CS)CN(Cc1cccs1)C(C)C. The number of thiol groups is 1. The molecule has 1 aromatic rings. The van der Waals surface area contributed by atoms with Crippen LogP contribution in [0, 0.1) is 5.92 Å². The second-order valence-corrected chi connectivity index (χ2v) is 5.96. The van der Waals surface area contributed by atoms with E-state index in [9.17, 15) is 0 Å². The van der Waals surface area contributed by atoms with Crippen molar-refractivity contribution in [1.82, 2.24) is 4.90 Å². The third kappa shape index (κ3) is 4.48. The summed E-state index contributed by atoms with van der Waals surface area (Å²) in [5.74, 6) is 1.70. The van der Waals surface area contributed by atoms with Crippen molar-refractivity contribution in [2.24, 2.45) is 5.92 Å². The first-order valence-electron chi connectivity index (χ1n) is 6.04. The van der Waals surface area contributed by atoms with Crippen LogP contribution < -0.4 is 0 Å². The van der Waals surface area contributed by atoms with Crippen LogP contribution in [0.4, 0.5) is 0 Å². The molecule has 1 aromatic heterocycles. The van der Waals surface area contributed by atoms with Gasteiger partial charge in [-0.2, -0.15) is 12.6 Å². The van der Waals surface area contributed by atoms with Crippen molar-refractivity contribution in [2.75, 3.05) is 12.3 Å². The molecule has 92 valence electrons. The van der Waals surface area contributed by atoms with Gasteiger partial charge in [0.05, 0.1) is 0 Å². The Bertz CT molecular complexity index is 265. The van der Waals surface area contributed by atoms with Gasteiger partial charge in [0.15, 0.2) is 0 Å². The van der Waals surface area contributed by atoms with Crippen LogP contribution in [0.2, 0.25) is 0 Å². The summed E-state index contributed by atoms with van der Waals surface area (Å²) in [6.45, 7) is 9.05. The largest absolute Gasteiger partial charge is 0.296 e. The number of hydrogen-bond donors (Lipinski definition) is 1. The third-order valence-corrected chi connectivity index (χ3v) is 4.38. The van der Waals surface area contributed by atoms with E-state index >= 15 is 0 Å². The monoisotopic (exact) mass is 257 g/mol. The van der Waals surface area contributed by atoms with E-state index in [4.69, 9.17) is 0 Å². The Kier molecular flexibility index (Phi) is 6.47. The van der Waals surface area contributed by atoms with Gasteiger partial charge in [0.1, 0.15) is 0 Å². The van der Waals surface area contributed by atoms with Gasteiger partial charge < -0.3 is 0 Å². The molecule has 0 fully saturated rings.